The molecule has 2 aliphatic heterocycles. The number of nitrogens with one attached hydrogen (secondary N) is 1. The molecule has 2 aliphatic rings. The quantitative estimate of drug-likeness (QED) is 0.683. The summed E-state index contributed by atoms with van der Waals surface area (Å²) in [6, 6.07) is 9.65. The highest BCUT2D eigenvalue weighted by Gasteiger charge is 2.38. The minimum atomic E-state index is 0. The number of benzene rings is 1. The van der Waals surface area contributed by atoms with E-state index < -0.39 is 0 Å². The van der Waals surface area contributed by atoms with Gasteiger partial charge in [0, 0.05) is 31.6 Å². The number of aromatic nitrogens is 2. The van der Waals surface area contributed by atoms with E-state index in [1.165, 1.54) is 11.3 Å². The zero-order valence-electron chi connectivity index (χ0n) is 14.8. The van der Waals surface area contributed by atoms with Crippen molar-refractivity contribution in [2.24, 2.45) is 11.8 Å². The lowest BCUT2D eigenvalue weighted by Crippen LogP contribution is -2.31. The Bertz CT molecular complexity index is 1000. The Balaban J connectivity index is 0.00000180. The van der Waals surface area contributed by atoms with Gasteiger partial charge in [-0.25, -0.2) is 4.68 Å². The number of nitrogens with zero attached hydrogens (tertiary/aromatic N) is 3. The van der Waals surface area contributed by atoms with Crippen LogP contribution in [-0.4, -0.2) is 46.8 Å². The molecule has 5 rings (SSSR count). The molecule has 0 spiro atoms. The lowest BCUT2D eigenvalue weighted by molar-refractivity contribution is 0.0786. The van der Waals surface area contributed by atoms with Crippen molar-refractivity contribution in [2.75, 3.05) is 26.2 Å². The van der Waals surface area contributed by atoms with Crippen molar-refractivity contribution in [3.8, 4) is 5.69 Å². The number of likely N-dealkylation sites (tertiary alicyclic amines) is 1. The average Bonchev–Trinajstić information content (AvgIpc) is 3.36. The summed E-state index contributed by atoms with van der Waals surface area (Å²) in [5.41, 5.74) is 1.76. The number of halogens is 2. The largest absolute Gasteiger partial charge is 0.337 e. The minimum absolute atomic E-state index is 0. The summed E-state index contributed by atoms with van der Waals surface area (Å²) in [6.07, 6.45) is 0. The average molecular weight is 423 g/mol. The van der Waals surface area contributed by atoms with Gasteiger partial charge in [-0.3, -0.25) is 4.79 Å². The molecular formula is C19H20Cl2N4OS. The number of amides is 1. The number of para-hydroxylation sites is 1. The molecule has 2 fully saturated rings. The van der Waals surface area contributed by atoms with Crippen LogP contribution in [-0.2, 0) is 0 Å². The molecule has 2 aromatic heterocycles. The highest BCUT2D eigenvalue weighted by molar-refractivity contribution is 7.20. The second-order valence-corrected chi connectivity index (χ2v) is 8.60. The van der Waals surface area contributed by atoms with Crippen LogP contribution >= 0.6 is 35.3 Å². The van der Waals surface area contributed by atoms with Crippen molar-refractivity contribution >= 4 is 51.5 Å². The molecule has 1 amide bonds. The van der Waals surface area contributed by atoms with Crippen LogP contribution in [0.25, 0.3) is 15.9 Å². The number of rotatable bonds is 2. The van der Waals surface area contributed by atoms with Crippen LogP contribution in [0.15, 0.2) is 30.3 Å². The molecule has 2 saturated heterocycles. The summed E-state index contributed by atoms with van der Waals surface area (Å²) in [5, 5.41) is 9.73. The summed E-state index contributed by atoms with van der Waals surface area (Å²) in [5.74, 6) is 1.35. The van der Waals surface area contributed by atoms with Crippen LogP contribution < -0.4 is 5.32 Å². The molecule has 1 aromatic carbocycles. The molecule has 142 valence electrons. The zero-order chi connectivity index (χ0) is 17.8. The molecule has 2 atom stereocenters. The Morgan fingerprint density at radius 3 is 2.67 bits per heavy atom. The maximum Gasteiger partial charge on any atom is 0.264 e. The number of carbonyl (C=O) groups excluding carboxylic acids is 1. The molecule has 1 N–H and O–H groups in total. The van der Waals surface area contributed by atoms with Gasteiger partial charge in [0.15, 0.2) is 0 Å². The van der Waals surface area contributed by atoms with Gasteiger partial charge in [-0.15, -0.1) is 23.7 Å². The molecule has 0 unspecified atom stereocenters. The van der Waals surface area contributed by atoms with E-state index in [1.54, 1.807) is 0 Å². The summed E-state index contributed by atoms with van der Waals surface area (Å²) < 4.78 is 1.86. The standard InChI is InChI=1S/C19H19ClN4OS.ClH/c1-11-14-6-17(18(25)23-9-12-7-21-8-13(12)10-23)26-19(14)24(22-11)16-5-3-2-4-15(16)20;/h2-6,12-13,21H,7-10H2,1H3;1H/t12-,13+;. The van der Waals surface area contributed by atoms with Crippen molar-refractivity contribution in [3.63, 3.8) is 0 Å². The van der Waals surface area contributed by atoms with Crippen molar-refractivity contribution in [1.29, 1.82) is 0 Å². The number of aryl methyl sites for hydroxylation is 1. The predicted octanol–water partition coefficient (Wildman–Crippen LogP) is 3.76. The first kappa shape index (κ1) is 18.7. The molecule has 0 radical (unpaired) electrons. The van der Waals surface area contributed by atoms with Crippen LogP contribution in [0.1, 0.15) is 15.4 Å². The van der Waals surface area contributed by atoms with Gasteiger partial charge in [0.1, 0.15) is 4.83 Å². The van der Waals surface area contributed by atoms with Crippen molar-refractivity contribution < 1.29 is 4.79 Å². The summed E-state index contributed by atoms with van der Waals surface area (Å²) in [6.45, 7) is 5.76. The van der Waals surface area contributed by atoms with Gasteiger partial charge in [0.05, 0.1) is 21.3 Å². The van der Waals surface area contributed by atoms with Crippen molar-refractivity contribution in [3.05, 3.63) is 45.9 Å². The zero-order valence-corrected chi connectivity index (χ0v) is 17.2. The topological polar surface area (TPSA) is 50.2 Å². The fraction of sp³-hybridized carbons (Fsp3) is 0.368. The Morgan fingerprint density at radius 1 is 1.26 bits per heavy atom. The van der Waals surface area contributed by atoms with Gasteiger partial charge in [-0.1, -0.05) is 23.7 Å². The lowest BCUT2D eigenvalue weighted by atomic mass is 10.0. The van der Waals surface area contributed by atoms with Crippen molar-refractivity contribution in [1.82, 2.24) is 20.0 Å². The number of carbonyl (C=O) groups is 1. The first-order valence-corrected chi connectivity index (χ1v) is 10.1. The van der Waals surface area contributed by atoms with Gasteiger partial charge in [-0.2, -0.15) is 5.10 Å². The van der Waals surface area contributed by atoms with Gasteiger partial charge < -0.3 is 10.2 Å². The Morgan fingerprint density at radius 2 is 1.96 bits per heavy atom. The highest BCUT2D eigenvalue weighted by Crippen LogP contribution is 2.34. The lowest BCUT2D eigenvalue weighted by Gasteiger charge is -2.16. The number of fused-ring (bicyclic) bond motifs is 2. The maximum absolute atomic E-state index is 13.0. The third-order valence-electron chi connectivity index (χ3n) is 5.51. The van der Waals surface area contributed by atoms with Gasteiger partial charge in [-0.05, 0) is 37.0 Å². The second-order valence-electron chi connectivity index (χ2n) is 7.17. The minimum Gasteiger partial charge on any atom is -0.337 e. The molecule has 8 heteroatoms. The Kier molecular flexibility index (Phi) is 4.93. The van der Waals surface area contributed by atoms with E-state index in [0.717, 1.165) is 52.7 Å². The predicted molar refractivity (Wildman–Crippen MR) is 112 cm³/mol. The smallest absolute Gasteiger partial charge is 0.264 e. The van der Waals surface area contributed by atoms with Crippen LogP contribution in [0.5, 0.6) is 0 Å². The third-order valence-corrected chi connectivity index (χ3v) is 6.93. The van der Waals surface area contributed by atoms with E-state index >= 15 is 0 Å². The van der Waals surface area contributed by atoms with Gasteiger partial charge >= 0.3 is 0 Å². The first-order chi connectivity index (χ1) is 12.6. The molecule has 0 aliphatic carbocycles. The van der Waals surface area contributed by atoms with Crippen LogP contribution in [0.3, 0.4) is 0 Å². The SMILES string of the molecule is Cc1nn(-c2ccccc2Cl)c2sc(C(=O)N3C[C@H]4CNC[C@H]4C3)cc12.Cl. The van der Waals surface area contributed by atoms with Crippen LogP contribution in [0.4, 0.5) is 0 Å². The molecule has 4 heterocycles. The van der Waals surface area contributed by atoms with Gasteiger partial charge in [0.2, 0.25) is 0 Å². The summed E-state index contributed by atoms with van der Waals surface area (Å²) in [4.78, 5) is 16.8. The fourth-order valence-corrected chi connectivity index (χ4v) is 5.48. The van der Waals surface area contributed by atoms with Crippen LogP contribution in [0.2, 0.25) is 5.02 Å². The summed E-state index contributed by atoms with van der Waals surface area (Å²) >= 11 is 7.86. The van der Waals surface area contributed by atoms with E-state index in [1.807, 2.05) is 46.8 Å². The maximum atomic E-state index is 13.0. The van der Waals surface area contributed by atoms with E-state index in [0.29, 0.717) is 16.9 Å². The van der Waals surface area contributed by atoms with E-state index in [4.69, 9.17) is 11.6 Å². The molecule has 0 saturated carbocycles. The monoisotopic (exact) mass is 422 g/mol. The number of thiophene rings is 1. The first-order valence-electron chi connectivity index (χ1n) is 8.86. The Labute approximate surface area is 172 Å². The normalized spacial score (nSPS) is 21.5. The molecular weight excluding hydrogens is 403 g/mol. The highest BCUT2D eigenvalue weighted by atomic mass is 35.5. The third kappa shape index (κ3) is 3.05. The number of hydrogen-bond acceptors (Lipinski definition) is 4. The van der Waals surface area contributed by atoms with E-state index in [-0.39, 0.29) is 18.3 Å². The van der Waals surface area contributed by atoms with Crippen LogP contribution in [0, 0.1) is 18.8 Å². The molecule has 3 aromatic rings. The molecule has 27 heavy (non-hydrogen) atoms. The Hall–Kier alpha value is -1.60. The summed E-state index contributed by atoms with van der Waals surface area (Å²) in [7, 11) is 0. The molecule has 5 nitrogen and oxygen atoms in total. The van der Waals surface area contributed by atoms with Crippen molar-refractivity contribution in [2.45, 2.75) is 6.92 Å². The number of hydrogen-bond donors (Lipinski definition) is 1. The van der Waals surface area contributed by atoms with E-state index in [2.05, 4.69) is 10.4 Å². The molecule has 0 bridgehead atoms. The van der Waals surface area contributed by atoms with E-state index in [9.17, 15) is 4.79 Å². The van der Waals surface area contributed by atoms with Gasteiger partial charge in [0.25, 0.3) is 5.91 Å². The fourth-order valence-electron chi connectivity index (χ4n) is 4.12. The second kappa shape index (κ2) is 7.09.